The second kappa shape index (κ2) is 9.26. The van der Waals surface area contributed by atoms with Crippen molar-refractivity contribution in [3.8, 4) is 0 Å². The molecule has 0 rings (SSSR count). The lowest BCUT2D eigenvalue weighted by molar-refractivity contribution is -0.147. The first-order chi connectivity index (χ1) is 12.2. The summed E-state index contributed by atoms with van der Waals surface area (Å²) < 4.78 is 11.5. The van der Waals surface area contributed by atoms with E-state index < -0.39 is 43.5 Å². The summed E-state index contributed by atoms with van der Waals surface area (Å²) in [5.41, 5.74) is -2.40. The second-order valence-electron chi connectivity index (χ2n) is 10.9. The van der Waals surface area contributed by atoms with Crippen molar-refractivity contribution < 1.29 is 23.9 Å². The predicted octanol–water partition coefficient (Wildman–Crippen LogP) is 4.66. The summed E-state index contributed by atoms with van der Waals surface area (Å²) in [4.78, 5) is 25.4. The second-order valence-corrected chi connectivity index (χ2v) is 15.6. The molecule has 3 atom stereocenters. The highest BCUT2D eigenvalue weighted by molar-refractivity contribution is 6.74. The number of ether oxygens (including phenoxy) is 1. The van der Waals surface area contributed by atoms with Gasteiger partial charge in [0.2, 0.25) is 0 Å². The highest BCUT2D eigenvalue weighted by atomic mass is 28.4. The van der Waals surface area contributed by atoms with E-state index in [-0.39, 0.29) is 11.0 Å². The summed E-state index contributed by atoms with van der Waals surface area (Å²) >= 11 is 0. The molecule has 1 amide bonds. The number of alkyl carbamates (subject to hydrolysis) is 1. The number of rotatable bonds is 8. The summed E-state index contributed by atoms with van der Waals surface area (Å²) in [5.74, 6) is -0.311. The van der Waals surface area contributed by atoms with Crippen molar-refractivity contribution in [1.29, 1.82) is 0 Å². The lowest BCUT2D eigenvalue weighted by atomic mass is 9.87. The predicted molar refractivity (Wildman–Crippen MR) is 116 cm³/mol. The molecule has 0 fully saturated rings. The Balaban J connectivity index is 5.50. The van der Waals surface area contributed by atoms with Gasteiger partial charge in [-0.25, -0.2) is 4.79 Å². The third kappa shape index (κ3) is 8.21. The molecule has 0 saturated carbocycles. The van der Waals surface area contributed by atoms with Crippen molar-refractivity contribution >= 4 is 20.2 Å². The Morgan fingerprint density at radius 1 is 1.00 bits per heavy atom. The van der Waals surface area contributed by atoms with Gasteiger partial charge in [-0.1, -0.05) is 34.6 Å². The smallest absolute Gasteiger partial charge is 0.408 e. The molecular weight excluding hydrogens is 374 g/mol. The zero-order valence-electron chi connectivity index (χ0n) is 20.0. The molecule has 0 aromatic carbocycles. The molecule has 0 saturated heterocycles. The van der Waals surface area contributed by atoms with Gasteiger partial charge < -0.3 is 19.6 Å². The van der Waals surface area contributed by atoms with E-state index in [0.717, 1.165) is 0 Å². The topological polar surface area (TPSA) is 84.9 Å². The maximum Gasteiger partial charge on any atom is 0.408 e. The molecule has 0 spiro atoms. The molecule has 0 aliphatic heterocycles. The van der Waals surface area contributed by atoms with E-state index in [4.69, 9.17) is 9.16 Å². The summed E-state index contributed by atoms with van der Waals surface area (Å²) in [6, 6.07) is -0.852. The van der Waals surface area contributed by atoms with Crippen LogP contribution in [-0.2, 0) is 14.0 Å². The fourth-order valence-electron chi connectivity index (χ4n) is 2.44. The Morgan fingerprint density at radius 3 is 1.82 bits per heavy atom. The van der Waals surface area contributed by atoms with Gasteiger partial charge in [0.25, 0.3) is 0 Å². The van der Waals surface area contributed by atoms with Crippen LogP contribution in [0.5, 0.6) is 0 Å². The van der Waals surface area contributed by atoms with Gasteiger partial charge in [0.1, 0.15) is 11.2 Å². The van der Waals surface area contributed by atoms with E-state index in [1.807, 2.05) is 13.8 Å². The lowest BCUT2D eigenvalue weighted by Crippen LogP contribution is -2.59. The van der Waals surface area contributed by atoms with E-state index in [0.29, 0.717) is 6.42 Å². The highest BCUT2D eigenvalue weighted by Crippen LogP contribution is 2.38. The number of nitrogens with one attached hydrogen (secondary N) is 1. The van der Waals surface area contributed by atoms with Crippen LogP contribution in [0.3, 0.4) is 0 Å². The van der Waals surface area contributed by atoms with E-state index in [1.165, 1.54) is 6.92 Å². The number of Topliss-reactive ketones (excluding diaryl/α,β-unsaturated/α-hetero) is 1. The monoisotopic (exact) mass is 417 g/mol. The summed E-state index contributed by atoms with van der Waals surface area (Å²) in [6.07, 6.45) is -0.961. The van der Waals surface area contributed by atoms with Gasteiger partial charge in [-0.3, -0.25) is 4.79 Å². The number of amides is 1. The van der Waals surface area contributed by atoms with E-state index in [2.05, 4.69) is 39.2 Å². The minimum absolute atomic E-state index is 0.0491. The van der Waals surface area contributed by atoms with Crippen LogP contribution in [0.25, 0.3) is 0 Å². The number of hydrogen-bond acceptors (Lipinski definition) is 5. The van der Waals surface area contributed by atoms with Gasteiger partial charge in [-0.05, 0) is 65.1 Å². The first kappa shape index (κ1) is 27.1. The van der Waals surface area contributed by atoms with E-state index in [1.54, 1.807) is 27.7 Å². The fraction of sp³-hybridized carbons (Fsp3) is 0.905. The van der Waals surface area contributed by atoms with Crippen LogP contribution in [0.15, 0.2) is 0 Å². The van der Waals surface area contributed by atoms with Gasteiger partial charge in [-0.2, -0.15) is 0 Å². The van der Waals surface area contributed by atoms with Gasteiger partial charge in [0.15, 0.2) is 14.1 Å². The number of ketones is 1. The van der Waals surface area contributed by atoms with Gasteiger partial charge in [0, 0.05) is 0 Å². The number of aliphatic hydroxyl groups is 1. The Labute approximate surface area is 172 Å². The SMILES string of the molecule is CC(C)C[C@H](NC(=O)OC(C)(C)C)C(=O)[C@](C)(O)[C@H](C)O[Si](C)(C)C(C)(C)C. The third-order valence-electron chi connectivity index (χ3n) is 5.28. The van der Waals surface area contributed by atoms with E-state index in [9.17, 15) is 14.7 Å². The summed E-state index contributed by atoms with van der Waals surface area (Å²) in [7, 11) is -2.18. The number of carbonyl (C=O) groups is 2. The van der Waals surface area contributed by atoms with Crippen molar-refractivity contribution in [1.82, 2.24) is 5.32 Å². The normalized spacial score (nSPS) is 17.6. The van der Waals surface area contributed by atoms with Gasteiger partial charge in [0.05, 0.1) is 12.1 Å². The molecule has 0 bridgehead atoms. The van der Waals surface area contributed by atoms with Crippen molar-refractivity contribution in [3.63, 3.8) is 0 Å². The molecule has 0 heterocycles. The van der Waals surface area contributed by atoms with Crippen molar-refractivity contribution in [2.24, 2.45) is 5.92 Å². The minimum atomic E-state index is -2.18. The molecule has 0 aliphatic rings. The third-order valence-corrected chi connectivity index (χ3v) is 9.84. The van der Waals surface area contributed by atoms with Gasteiger partial charge >= 0.3 is 6.09 Å². The molecule has 2 N–H and O–H groups in total. The molecule has 28 heavy (non-hydrogen) atoms. The minimum Gasteiger partial charge on any atom is -0.444 e. The summed E-state index contributed by atoms with van der Waals surface area (Å²) in [5, 5.41) is 13.7. The van der Waals surface area contributed by atoms with Crippen LogP contribution >= 0.6 is 0 Å². The van der Waals surface area contributed by atoms with Gasteiger partial charge in [-0.15, -0.1) is 0 Å². The fourth-order valence-corrected chi connectivity index (χ4v) is 3.91. The largest absolute Gasteiger partial charge is 0.444 e. The maximum atomic E-state index is 13.2. The highest BCUT2D eigenvalue weighted by Gasteiger charge is 2.47. The Bertz CT molecular complexity index is 544. The van der Waals surface area contributed by atoms with Crippen molar-refractivity contribution in [3.05, 3.63) is 0 Å². The quantitative estimate of drug-likeness (QED) is 0.561. The molecular formula is C21H43NO5Si. The van der Waals surface area contributed by atoms with Crippen LogP contribution in [0.1, 0.15) is 75.7 Å². The molecule has 7 heteroatoms. The average Bonchev–Trinajstić information content (AvgIpc) is 2.41. The van der Waals surface area contributed by atoms with Crippen LogP contribution in [0.2, 0.25) is 18.1 Å². The first-order valence-corrected chi connectivity index (χ1v) is 13.1. The first-order valence-electron chi connectivity index (χ1n) is 10.1. The van der Waals surface area contributed by atoms with Crippen LogP contribution < -0.4 is 5.32 Å². The van der Waals surface area contributed by atoms with Crippen molar-refractivity contribution in [2.75, 3.05) is 0 Å². The lowest BCUT2D eigenvalue weighted by Gasteiger charge is -2.42. The zero-order valence-corrected chi connectivity index (χ0v) is 21.0. The Kier molecular flexibility index (Phi) is 8.96. The number of hydrogen-bond donors (Lipinski definition) is 2. The average molecular weight is 418 g/mol. The maximum absolute atomic E-state index is 13.2. The Hall–Kier alpha value is -0.923. The number of carbonyl (C=O) groups excluding carboxylic acids is 2. The molecule has 6 nitrogen and oxygen atoms in total. The van der Waals surface area contributed by atoms with Crippen LogP contribution in [-0.4, -0.2) is 48.6 Å². The molecule has 0 aromatic rings. The Morgan fingerprint density at radius 2 is 1.46 bits per heavy atom. The molecule has 0 aliphatic carbocycles. The van der Waals surface area contributed by atoms with Crippen molar-refractivity contribution in [2.45, 2.75) is 117 Å². The standard InChI is InChI=1S/C21H43NO5Si/c1-14(2)13-16(22-18(24)26-19(4,5)6)17(23)21(10,25)15(3)27-28(11,12)20(7,8)9/h14-16,25H,13H2,1-12H3,(H,22,24)/t15-,16-,21+/m0/s1. The van der Waals surface area contributed by atoms with Crippen LogP contribution in [0.4, 0.5) is 4.79 Å². The van der Waals surface area contributed by atoms with E-state index >= 15 is 0 Å². The molecule has 166 valence electrons. The summed E-state index contributed by atoms with van der Waals surface area (Å²) in [6.45, 7) is 22.9. The molecule has 0 aromatic heterocycles. The zero-order chi connectivity index (χ0) is 22.7. The molecule has 0 unspecified atom stereocenters. The van der Waals surface area contributed by atoms with Crippen LogP contribution in [0, 0.1) is 5.92 Å². The molecule has 0 radical (unpaired) electrons.